The van der Waals surface area contributed by atoms with Gasteiger partial charge < -0.3 is 20.9 Å². The molecule has 2 aromatic rings. The minimum absolute atomic E-state index is 0.0731. The predicted molar refractivity (Wildman–Crippen MR) is 84.4 cm³/mol. The number of aliphatic hydroxyl groups is 1. The molecule has 2 rings (SSSR count). The molecular formula is C15H20N2O2S. The van der Waals surface area contributed by atoms with Crippen molar-refractivity contribution in [2.45, 2.75) is 26.1 Å². The Bertz CT molecular complexity index is 541. The van der Waals surface area contributed by atoms with Crippen molar-refractivity contribution < 1.29 is 9.84 Å². The lowest BCUT2D eigenvalue weighted by Gasteiger charge is -2.17. The van der Waals surface area contributed by atoms with Crippen molar-refractivity contribution in [2.75, 3.05) is 17.6 Å². The summed E-state index contributed by atoms with van der Waals surface area (Å²) in [5.74, 6) is 0.662. The first-order valence-electron chi connectivity index (χ1n) is 6.57. The van der Waals surface area contributed by atoms with E-state index in [2.05, 4.69) is 5.32 Å². The first-order valence-corrected chi connectivity index (χ1v) is 7.51. The summed E-state index contributed by atoms with van der Waals surface area (Å²) in [6, 6.07) is 7.52. The summed E-state index contributed by atoms with van der Waals surface area (Å²) >= 11 is 1.57. The molecule has 4 nitrogen and oxygen atoms in total. The van der Waals surface area contributed by atoms with Gasteiger partial charge in [0.1, 0.15) is 5.75 Å². The largest absolute Gasteiger partial charge is 0.489 e. The summed E-state index contributed by atoms with van der Waals surface area (Å²) in [5.41, 5.74) is 8.33. The zero-order valence-corrected chi connectivity index (χ0v) is 12.5. The number of hydrogen-bond donors (Lipinski definition) is 3. The number of hydrogen-bond acceptors (Lipinski definition) is 5. The molecule has 0 aliphatic carbocycles. The van der Waals surface area contributed by atoms with E-state index in [9.17, 15) is 5.11 Å². The topological polar surface area (TPSA) is 67.5 Å². The fourth-order valence-electron chi connectivity index (χ4n) is 1.84. The van der Waals surface area contributed by atoms with Crippen LogP contribution in [0.5, 0.6) is 5.75 Å². The molecule has 0 bridgehead atoms. The first-order chi connectivity index (χ1) is 9.58. The molecule has 108 valence electrons. The maximum absolute atomic E-state index is 10.0. The molecule has 1 aromatic heterocycles. The number of anilines is 2. The van der Waals surface area contributed by atoms with Crippen molar-refractivity contribution in [2.24, 2.45) is 0 Å². The monoisotopic (exact) mass is 292 g/mol. The van der Waals surface area contributed by atoms with Gasteiger partial charge in [-0.1, -0.05) is 6.07 Å². The van der Waals surface area contributed by atoms with Crippen LogP contribution in [0.3, 0.4) is 0 Å². The maximum atomic E-state index is 10.0. The molecule has 0 aliphatic heterocycles. The zero-order valence-electron chi connectivity index (χ0n) is 11.7. The van der Waals surface area contributed by atoms with E-state index in [-0.39, 0.29) is 6.10 Å². The van der Waals surface area contributed by atoms with E-state index in [1.54, 1.807) is 11.3 Å². The number of rotatable bonds is 6. The molecule has 0 fully saturated rings. The number of para-hydroxylation sites is 1. The van der Waals surface area contributed by atoms with Gasteiger partial charge in [0.25, 0.3) is 0 Å². The Labute approximate surface area is 123 Å². The average molecular weight is 292 g/mol. The van der Waals surface area contributed by atoms with Gasteiger partial charge in [0.05, 0.1) is 23.6 Å². The smallest absolute Gasteiger partial charge is 0.144 e. The first kappa shape index (κ1) is 14.7. The number of ether oxygens (including phenoxy) is 1. The Morgan fingerprint density at radius 1 is 1.35 bits per heavy atom. The quantitative estimate of drug-likeness (QED) is 0.715. The summed E-state index contributed by atoms with van der Waals surface area (Å²) in [7, 11) is 0. The van der Waals surface area contributed by atoms with Crippen LogP contribution in [0.15, 0.2) is 35.0 Å². The van der Waals surface area contributed by atoms with E-state index in [4.69, 9.17) is 10.5 Å². The Kier molecular flexibility index (Phi) is 4.87. The van der Waals surface area contributed by atoms with Gasteiger partial charge >= 0.3 is 0 Å². The third kappa shape index (κ3) is 3.65. The van der Waals surface area contributed by atoms with Crippen LogP contribution in [0.25, 0.3) is 0 Å². The number of thiophene rings is 1. The highest BCUT2D eigenvalue weighted by molar-refractivity contribution is 7.07. The standard InChI is InChI=1S/C15H20N2O2S/c1-10(2)19-14-5-3-4-12(15(14)16)17-8-13(18)11-6-7-20-9-11/h3-7,9-10,13,17-18H,8,16H2,1-2H3. The third-order valence-electron chi connectivity index (χ3n) is 2.84. The second-order valence-electron chi connectivity index (χ2n) is 4.84. The number of nitrogen functional groups attached to an aromatic ring is 1. The Morgan fingerprint density at radius 3 is 2.80 bits per heavy atom. The fourth-order valence-corrected chi connectivity index (χ4v) is 2.55. The Balaban J connectivity index is 2.02. The van der Waals surface area contributed by atoms with Crippen LogP contribution in [0.2, 0.25) is 0 Å². The summed E-state index contributed by atoms with van der Waals surface area (Å²) in [4.78, 5) is 0. The van der Waals surface area contributed by atoms with Gasteiger partial charge in [0.15, 0.2) is 0 Å². The highest BCUT2D eigenvalue weighted by Crippen LogP contribution is 2.30. The normalized spacial score (nSPS) is 12.4. The van der Waals surface area contributed by atoms with E-state index in [0.29, 0.717) is 18.0 Å². The molecule has 4 N–H and O–H groups in total. The third-order valence-corrected chi connectivity index (χ3v) is 3.54. The van der Waals surface area contributed by atoms with E-state index in [1.807, 2.05) is 48.9 Å². The van der Waals surface area contributed by atoms with Gasteiger partial charge in [-0.2, -0.15) is 11.3 Å². The van der Waals surface area contributed by atoms with Gasteiger partial charge in [0.2, 0.25) is 0 Å². The van der Waals surface area contributed by atoms with Gasteiger partial charge in [-0.15, -0.1) is 0 Å². The summed E-state index contributed by atoms with van der Waals surface area (Å²) in [6.45, 7) is 4.33. The van der Waals surface area contributed by atoms with Gasteiger partial charge in [-0.3, -0.25) is 0 Å². The maximum Gasteiger partial charge on any atom is 0.144 e. The molecular weight excluding hydrogens is 272 g/mol. The van der Waals surface area contributed by atoms with Crippen LogP contribution >= 0.6 is 11.3 Å². The van der Waals surface area contributed by atoms with Crippen molar-refractivity contribution in [3.05, 3.63) is 40.6 Å². The van der Waals surface area contributed by atoms with E-state index < -0.39 is 6.10 Å². The van der Waals surface area contributed by atoms with Crippen molar-refractivity contribution in [1.82, 2.24) is 0 Å². The molecule has 0 radical (unpaired) electrons. The number of aliphatic hydroxyl groups excluding tert-OH is 1. The molecule has 0 amide bonds. The Hall–Kier alpha value is -1.72. The minimum Gasteiger partial charge on any atom is -0.489 e. The second-order valence-corrected chi connectivity index (χ2v) is 5.62. The lowest BCUT2D eigenvalue weighted by atomic mass is 10.2. The summed E-state index contributed by atoms with van der Waals surface area (Å²) in [5, 5.41) is 17.1. The zero-order chi connectivity index (χ0) is 14.5. The molecule has 0 spiro atoms. The molecule has 1 aromatic carbocycles. The van der Waals surface area contributed by atoms with Crippen molar-refractivity contribution >= 4 is 22.7 Å². The molecule has 20 heavy (non-hydrogen) atoms. The highest BCUT2D eigenvalue weighted by atomic mass is 32.1. The lowest BCUT2D eigenvalue weighted by Crippen LogP contribution is -2.13. The average Bonchev–Trinajstić information content (AvgIpc) is 2.93. The Morgan fingerprint density at radius 2 is 2.15 bits per heavy atom. The molecule has 1 atom stereocenters. The van der Waals surface area contributed by atoms with Crippen LogP contribution in [-0.4, -0.2) is 17.8 Å². The van der Waals surface area contributed by atoms with E-state index in [0.717, 1.165) is 11.3 Å². The second kappa shape index (κ2) is 6.63. The summed E-state index contributed by atoms with van der Waals surface area (Å²) < 4.78 is 5.64. The van der Waals surface area contributed by atoms with Crippen LogP contribution in [0, 0.1) is 0 Å². The van der Waals surface area contributed by atoms with Crippen LogP contribution in [0.1, 0.15) is 25.5 Å². The number of nitrogens with one attached hydrogen (secondary N) is 1. The molecule has 5 heteroatoms. The highest BCUT2D eigenvalue weighted by Gasteiger charge is 2.11. The molecule has 0 saturated carbocycles. The van der Waals surface area contributed by atoms with Crippen molar-refractivity contribution in [3.8, 4) is 5.75 Å². The minimum atomic E-state index is -0.546. The molecule has 0 aliphatic rings. The molecule has 1 unspecified atom stereocenters. The van der Waals surface area contributed by atoms with Gasteiger partial charge in [-0.25, -0.2) is 0 Å². The summed E-state index contributed by atoms with van der Waals surface area (Å²) in [6.07, 6.45) is -0.473. The molecule has 0 saturated heterocycles. The van der Waals surface area contributed by atoms with E-state index in [1.165, 1.54) is 0 Å². The fraction of sp³-hybridized carbons (Fsp3) is 0.333. The van der Waals surface area contributed by atoms with E-state index >= 15 is 0 Å². The van der Waals surface area contributed by atoms with Gasteiger partial charge in [-0.05, 0) is 48.4 Å². The van der Waals surface area contributed by atoms with Gasteiger partial charge in [0, 0.05) is 6.54 Å². The van der Waals surface area contributed by atoms with Crippen molar-refractivity contribution in [3.63, 3.8) is 0 Å². The van der Waals surface area contributed by atoms with Crippen molar-refractivity contribution in [1.29, 1.82) is 0 Å². The molecule has 1 heterocycles. The van der Waals surface area contributed by atoms with Crippen LogP contribution in [0.4, 0.5) is 11.4 Å². The number of nitrogens with two attached hydrogens (primary N) is 1. The lowest BCUT2D eigenvalue weighted by molar-refractivity contribution is 0.192. The van der Waals surface area contributed by atoms with Crippen LogP contribution in [-0.2, 0) is 0 Å². The SMILES string of the molecule is CC(C)Oc1cccc(NCC(O)c2ccsc2)c1N. The number of benzene rings is 1. The predicted octanol–water partition coefficient (Wildman–Crippen LogP) is 3.26. The van der Waals surface area contributed by atoms with Crippen LogP contribution < -0.4 is 15.8 Å².